The first-order chi connectivity index (χ1) is 8.06. The molecule has 94 valence electrons. The second-order valence-electron chi connectivity index (χ2n) is 4.47. The summed E-state index contributed by atoms with van der Waals surface area (Å²) >= 11 is 0. The molecule has 1 aromatic heterocycles. The molecule has 1 unspecified atom stereocenters. The fraction of sp³-hybridized carbons (Fsp3) is 0.538. The first kappa shape index (κ1) is 13.5. The molecule has 0 bridgehead atoms. The Morgan fingerprint density at radius 3 is 2.71 bits per heavy atom. The maximum atomic E-state index is 11.7. The molecule has 4 nitrogen and oxygen atoms in total. The Hall–Kier alpha value is -1.58. The van der Waals surface area contributed by atoms with Crippen LogP contribution in [-0.4, -0.2) is 31.7 Å². The van der Waals surface area contributed by atoms with Crippen molar-refractivity contribution in [2.45, 2.75) is 13.8 Å². The zero-order valence-electron chi connectivity index (χ0n) is 10.9. The Labute approximate surface area is 103 Å². The highest BCUT2D eigenvalue weighted by Crippen LogP contribution is 2.18. The number of ether oxygens (including phenoxy) is 1. The van der Waals surface area contributed by atoms with Crippen molar-refractivity contribution < 1.29 is 9.53 Å². The number of hydrogen-bond donors (Lipinski definition) is 0. The molecular weight excluding hydrogens is 216 g/mol. The quantitative estimate of drug-likeness (QED) is 0.733. The highest BCUT2D eigenvalue weighted by molar-refractivity contribution is 5.73. The SMILES string of the molecule is COC(=O)C(CN(C)c1cccnc1)C(C)C. The number of nitrogens with zero attached hydrogens (tertiary/aromatic N) is 2. The van der Waals surface area contributed by atoms with Crippen LogP contribution in [0.25, 0.3) is 0 Å². The molecule has 0 saturated heterocycles. The van der Waals surface area contributed by atoms with E-state index in [0.717, 1.165) is 5.69 Å². The Morgan fingerprint density at radius 1 is 1.53 bits per heavy atom. The molecule has 0 radical (unpaired) electrons. The molecule has 17 heavy (non-hydrogen) atoms. The zero-order valence-corrected chi connectivity index (χ0v) is 10.9. The largest absolute Gasteiger partial charge is 0.469 e. The lowest BCUT2D eigenvalue weighted by molar-refractivity contribution is -0.146. The Balaban J connectivity index is 2.71. The molecule has 1 heterocycles. The van der Waals surface area contributed by atoms with Crippen LogP contribution in [0.15, 0.2) is 24.5 Å². The molecule has 1 rings (SSSR count). The Kier molecular flexibility index (Phi) is 4.94. The van der Waals surface area contributed by atoms with E-state index >= 15 is 0 Å². The highest BCUT2D eigenvalue weighted by atomic mass is 16.5. The summed E-state index contributed by atoms with van der Waals surface area (Å²) in [5, 5.41) is 0. The number of carbonyl (C=O) groups excluding carboxylic acids is 1. The van der Waals surface area contributed by atoms with Crippen molar-refractivity contribution in [3.8, 4) is 0 Å². The normalized spacial score (nSPS) is 12.3. The third-order valence-electron chi connectivity index (χ3n) is 2.87. The van der Waals surface area contributed by atoms with Gasteiger partial charge in [-0.3, -0.25) is 9.78 Å². The Morgan fingerprint density at radius 2 is 2.24 bits per heavy atom. The van der Waals surface area contributed by atoms with Gasteiger partial charge in [-0.1, -0.05) is 13.8 Å². The first-order valence-corrected chi connectivity index (χ1v) is 5.75. The number of carbonyl (C=O) groups is 1. The lowest BCUT2D eigenvalue weighted by Gasteiger charge is -2.26. The third kappa shape index (κ3) is 3.73. The molecule has 0 saturated carbocycles. The van der Waals surface area contributed by atoms with E-state index in [2.05, 4.69) is 4.98 Å². The maximum absolute atomic E-state index is 11.7. The van der Waals surface area contributed by atoms with E-state index < -0.39 is 0 Å². The van der Waals surface area contributed by atoms with Gasteiger partial charge in [-0.15, -0.1) is 0 Å². The van der Waals surface area contributed by atoms with Crippen LogP contribution in [0.4, 0.5) is 5.69 Å². The van der Waals surface area contributed by atoms with Gasteiger partial charge in [0.25, 0.3) is 0 Å². The summed E-state index contributed by atoms with van der Waals surface area (Å²) in [4.78, 5) is 17.7. The number of methoxy groups -OCH3 is 1. The van der Waals surface area contributed by atoms with Gasteiger partial charge < -0.3 is 9.64 Å². The number of anilines is 1. The van der Waals surface area contributed by atoms with Crippen molar-refractivity contribution in [2.75, 3.05) is 25.6 Å². The van der Waals surface area contributed by atoms with Crippen molar-refractivity contribution >= 4 is 11.7 Å². The second-order valence-corrected chi connectivity index (χ2v) is 4.47. The van der Waals surface area contributed by atoms with Crippen molar-refractivity contribution in [3.63, 3.8) is 0 Å². The molecule has 0 aromatic carbocycles. The minimum absolute atomic E-state index is 0.120. The highest BCUT2D eigenvalue weighted by Gasteiger charge is 2.24. The molecule has 0 amide bonds. The van der Waals surface area contributed by atoms with Crippen molar-refractivity contribution in [1.29, 1.82) is 0 Å². The minimum Gasteiger partial charge on any atom is -0.469 e. The van der Waals surface area contributed by atoms with E-state index in [1.165, 1.54) is 7.11 Å². The van der Waals surface area contributed by atoms with Gasteiger partial charge in [0.05, 0.1) is 24.9 Å². The van der Waals surface area contributed by atoms with E-state index in [0.29, 0.717) is 6.54 Å². The van der Waals surface area contributed by atoms with Gasteiger partial charge in [0.2, 0.25) is 0 Å². The van der Waals surface area contributed by atoms with Crippen LogP contribution in [-0.2, 0) is 9.53 Å². The van der Waals surface area contributed by atoms with Gasteiger partial charge in [0.15, 0.2) is 0 Å². The number of aromatic nitrogens is 1. The van der Waals surface area contributed by atoms with Gasteiger partial charge in [-0.2, -0.15) is 0 Å². The zero-order chi connectivity index (χ0) is 12.8. The molecule has 0 aliphatic rings. The van der Waals surface area contributed by atoms with Gasteiger partial charge >= 0.3 is 5.97 Å². The van der Waals surface area contributed by atoms with E-state index in [1.54, 1.807) is 12.4 Å². The lowest BCUT2D eigenvalue weighted by atomic mass is 9.95. The van der Waals surface area contributed by atoms with Gasteiger partial charge in [0.1, 0.15) is 0 Å². The summed E-state index contributed by atoms with van der Waals surface area (Å²) in [6.07, 6.45) is 3.52. The summed E-state index contributed by atoms with van der Waals surface area (Å²) in [6.45, 7) is 4.69. The standard InChI is InChI=1S/C13H20N2O2/c1-10(2)12(13(16)17-4)9-15(3)11-6-5-7-14-8-11/h5-8,10,12H,9H2,1-4H3. The molecule has 4 heteroatoms. The van der Waals surface area contributed by atoms with Crippen LogP contribution in [0.5, 0.6) is 0 Å². The molecule has 0 aliphatic carbocycles. The van der Waals surface area contributed by atoms with Crippen molar-refractivity contribution in [2.24, 2.45) is 11.8 Å². The average Bonchev–Trinajstić information content (AvgIpc) is 2.35. The summed E-state index contributed by atoms with van der Waals surface area (Å²) in [5.74, 6) is -0.0254. The molecule has 1 aromatic rings. The fourth-order valence-corrected chi connectivity index (χ4v) is 1.69. The Bertz CT molecular complexity index is 352. The third-order valence-corrected chi connectivity index (χ3v) is 2.87. The topological polar surface area (TPSA) is 42.4 Å². The molecule has 0 spiro atoms. The van der Waals surface area contributed by atoms with Crippen LogP contribution in [0, 0.1) is 11.8 Å². The van der Waals surface area contributed by atoms with Gasteiger partial charge in [0, 0.05) is 19.8 Å². The predicted molar refractivity (Wildman–Crippen MR) is 67.9 cm³/mol. The summed E-state index contributed by atoms with van der Waals surface area (Å²) in [6, 6.07) is 3.86. The van der Waals surface area contributed by atoms with Crippen LogP contribution in [0.1, 0.15) is 13.8 Å². The molecule has 0 N–H and O–H groups in total. The van der Waals surface area contributed by atoms with Crippen LogP contribution >= 0.6 is 0 Å². The van der Waals surface area contributed by atoms with Crippen LogP contribution < -0.4 is 4.90 Å². The minimum atomic E-state index is -0.157. The number of pyridine rings is 1. The van der Waals surface area contributed by atoms with E-state index in [-0.39, 0.29) is 17.8 Å². The molecule has 1 atom stereocenters. The summed E-state index contributed by atoms with van der Waals surface area (Å²) in [7, 11) is 3.39. The number of rotatable bonds is 5. The summed E-state index contributed by atoms with van der Waals surface area (Å²) < 4.78 is 4.83. The van der Waals surface area contributed by atoms with Gasteiger partial charge in [-0.05, 0) is 18.1 Å². The molecule has 0 aliphatic heterocycles. The monoisotopic (exact) mass is 236 g/mol. The van der Waals surface area contributed by atoms with E-state index in [9.17, 15) is 4.79 Å². The summed E-state index contributed by atoms with van der Waals surface area (Å²) in [5.41, 5.74) is 1.00. The first-order valence-electron chi connectivity index (χ1n) is 5.75. The maximum Gasteiger partial charge on any atom is 0.310 e. The predicted octanol–water partition coefficient (Wildman–Crippen LogP) is 1.96. The smallest absolute Gasteiger partial charge is 0.310 e. The number of hydrogen-bond acceptors (Lipinski definition) is 4. The van der Waals surface area contributed by atoms with Crippen molar-refractivity contribution in [1.82, 2.24) is 4.98 Å². The fourth-order valence-electron chi connectivity index (χ4n) is 1.69. The average molecular weight is 236 g/mol. The van der Waals surface area contributed by atoms with E-state index in [1.807, 2.05) is 37.9 Å². The lowest BCUT2D eigenvalue weighted by Crippen LogP contribution is -2.34. The number of esters is 1. The second kappa shape index (κ2) is 6.23. The van der Waals surface area contributed by atoms with Crippen LogP contribution in [0.2, 0.25) is 0 Å². The van der Waals surface area contributed by atoms with Gasteiger partial charge in [-0.25, -0.2) is 0 Å². The van der Waals surface area contributed by atoms with Crippen molar-refractivity contribution in [3.05, 3.63) is 24.5 Å². The van der Waals surface area contributed by atoms with E-state index in [4.69, 9.17) is 4.74 Å². The molecular formula is C13H20N2O2. The van der Waals surface area contributed by atoms with Crippen LogP contribution in [0.3, 0.4) is 0 Å². The molecule has 0 fully saturated rings.